The number of hydrogen-bond donors (Lipinski definition) is 1. The highest BCUT2D eigenvalue weighted by molar-refractivity contribution is 5.91. The third-order valence-electron chi connectivity index (χ3n) is 5.28. The van der Waals surface area contributed by atoms with E-state index in [1.807, 2.05) is 64.0 Å². The summed E-state index contributed by atoms with van der Waals surface area (Å²) in [6.45, 7) is 6.17. The molecule has 4 aromatic rings. The molecular formula is C26H30N6O4. The molecule has 10 nitrogen and oxygen atoms in total. The molecule has 0 saturated heterocycles. The standard InChI is InChI=1S/C26H30N6O4/c1-16-11-17(2)32(30-16)24-13-23(28-26(29-24)22-9-7-18(3)36-22)27-25(33)15-35-20-8-10-21(34-6)19(12-20)14-31(4)5/h7-13H,14-15H2,1-6H3,(H,27,28,29,33). The van der Waals surface area contributed by atoms with E-state index in [4.69, 9.17) is 13.9 Å². The van der Waals surface area contributed by atoms with Gasteiger partial charge in [-0.25, -0.2) is 14.6 Å². The molecule has 188 valence electrons. The topological polar surface area (TPSA) is 108 Å². The van der Waals surface area contributed by atoms with E-state index in [9.17, 15) is 4.79 Å². The van der Waals surface area contributed by atoms with Crippen molar-refractivity contribution in [3.05, 3.63) is 65.2 Å². The van der Waals surface area contributed by atoms with Crippen molar-refractivity contribution < 1.29 is 18.7 Å². The zero-order valence-corrected chi connectivity index (χ0v) is 21.3. The lowest BCUT2D eigenvalue weighted by atomic mass is 10.2. The monoisotopic (exact) mass is 490 g/mol. The van der Waals surface area contributed by atoms with Crippen LogP contribution in [0.5, 0.6) is 11.5 Å². The lowest BCUT2D eigenvalue weighted by Crippen LogP contribution is -2.21. The minimum Gasteiger partial charge on any atom is -0.496 e. The number of nitrogens with one attached hydrogen (secondary N) is 1. The van der Waals surface area contributed by atoms with Gasteiger partial charge in [0.25, 0.3) is 5.91 Å². The zero-order valence-electron chi connectivity index (χ0n) is 21.3. The Hall–Kier alpha value is -4.18. The number of methoxy groups -OCH3 is 1. The van der Waals surface area contributed by atoms with Gasteiger partial charge in [0.05, 0.1) is 12.8 Å². The predicted octanol–water partition coefficient (Wildman–Crippen LogP) is 3.94. The van der Waals surface area contributed by atoms with Gasteiger partial charge in [-0.05, 0) is 71.3 Å². The SMILES string of the molecule is COc1ccc(OCC(=O)Nc2cc(-n3nc(C)cc3C)nc(-c3ccc(C)o3)n2)cc1CN(C)C. The molecule has 3 heterocycles. The molecule has 0 radical (unpaired) electrons. The molecule has 0 aliphatic carbocycles. The fraction of sp³-hybridized carbons (Fsp3) is 0.308. The van der Waals surface area contributed by atoms with Crippen LogP contribution in [0, 0.1) is 20.8 Å². The number of furan rings is 1. The van der Waals surface area contributed by atoms with Crippen molar-refractivity contribution in [3.63, 3.8) is 0 Å². The summed E-state index contributed by atoms with van der Waals surface area (Å²) >= 11 is 0. The third-order valence-corrected chi connectivity index (χ3v) is 5.28. The number of rotatable bonds is 9. The Balaban J connectivity index is 1.54. The Kier molecular flexibility index (Phi) is 7.35. The van der Waals surface area contributed by atoms with E-state index in [0.29, 0.717) is 35.5 Å². The molecule has 0 bridgehead atoms. The molecule has 1 aromatic carbocycles. The molecule has 0 aliphatic rings. The van der Waals surface area contributed by atoms with E-state index in [0.717, 1.165) is 28.5 Å². The van der Waals surface area contributed by atoms with Crippen molar-refractivity contribution in [2.75, 3.05) is 33.1 Å². The van der Waals surface area contributed by atoms with Crippen LogP contribution in [-0.4, -0.2) is 58.4 Å². The fourth-order valence-electron chi connectivity index (χ4n) is 3.77. The van der Waals surface area contributed by atoms with Gasteiger partial charge in [-0.3, -0.25) is 4.79 Å². The van der Waals surface area contributed by atoms with Gasteiger partial charge in [0, 0.05) is 23.9 Å². The van der Waals surface area contributed by atoms with E-state index < -0.39 is 0 Å². The molecule has 0 atom stereocenters. The normalized spacial score (nSPS) is 11.1. The number of benzene rings is 1. The van der Waals surface area contributed by atoms with Crippen LogP contribution in [0.4, 0.5) is 5.82 Å². The minimum absolute atomic E-state index is 0.192. The largest absolute Gasteiger partial charge is 0.496 e. The number of nitrogens with zero attached hydrogens (tertiary/aromatic N) is 5. The number of hydrogen-bond acceptors (Lipinski definition) is 8. The molecule has 0 unspecified atom stereocenters. The first-order valence-electron chi connectivity index (χ1n) is 11.5. The van der Waals surface area contributed by atoms with Gasteiger partial charge in [-0.15, -0.1) is 0 Å². The molecule has 0 fully saturated rings. The first kappa shape index (κ1) is 24.9. The second-order valence-electron chi connectivity index (χ2n) is 8.73. The Bertz CT molecular complexity index is 1370. The quantitative estimate of drug-likeness (QED) is 0.376. The Morgan fingerprint density at radius 1 is 1.08 bits per heavy atom. The molecular weight excluding hydrogens is 460 g/mol. The average Bonchev–Trinajstić information content (AvgIpc) is 3.41. The second-order valence-corrected chi connectivity index (χ2v) is 8.73. The zero-order chi connectivity index (χ0) is 25.8. The Labute approximate surface area is 209 Å². The van der Waals surface area contributed by atoms with E-state index in [1.54, 1.807) is 30.0 Å². The van der Waals surface area contributed by atoms with Gasteiger partial charge in [0.1, 0.15) is 23.1 Å². The maximum absolute atomic E-state index is 12.8. The van der Waals surface area contributed by atoms with Crippen molar-refractivity contribution in [3.8, 4) is 28.9 Å². The molecule has 0 aliphatic heterocycles. The summed E-state index contributed by atoms with van der Waals surface area (Å²) in [4.78, 5) is 23.9. The van der Waals surface area contributed by atoms with Crippen LogP contribution in [0.3, 0.4) is 0 Å². The first-order valence-corrected chi connectivity index (χ1v) is 11.5. The van der Waals surface area contributed by atoms with Gasteiger partial charge in [0.15, 0.2) is 24.0 Å². The predicted molar refractivity (Wildman–Crippen MR) is 136 cm³/mol. The summed E-state index contributed by atoms with van der Waals surface area (Å²) in [7, 11) is 5.57. The number of ether oxygens (including phenoxy) is 2. The number of aromatic nitrogens is 4. The van der Waals surface area contributed by atoms with Crippen LogP contribution < -0.4 is 14.8 Å². The smallest absolute Gasteiger partial charge is 0.263 e. The lowest BCUT2D eigenvalue weighted by Gasteiger charge is -2.15. The molecule has 0 saturated carbocycles. The van der Waals surface area contributed by atoms with Crippen LogP contribution in [0.2, 0.25) is 0 Å². The number of carbonyl (C=O) groups excluding carboxylic acids is 1. The molecule has 0 spiro atoms. The van der Waals surface area contributed by atoms with E-state index in [-0.39, 0.29) is 12.5 Å². The van der Waals surface area contributed by atoms with Crippen molar-refractivity contribution in [1.82, 2.24) is 24.6 Å². The highest BCUT2D eigenvalue weighted by atomic mass is 16.5. The number of anilines is 1. The summed E-state index contributed by atoms with van der Waals surface area (Å²) in [5.41, 5.74) is 2.72. The lowest BCUT2D eigenvalue weighted by molar-refractivity contribution is -0.118. The van der Waals surface area contributed by atoms with Crippen molar-refractivity contribution in [1.29, 1.82) is 0 Å². The number of carbonyl (C=O) groups is 1. The molecule has 10 heteroatoms. The first-order chi connectivity index (χ1) is 17.2. The Morgan fingerprint density at radius 3 is 2.53 bits per heavy atom. The maximum Gasteiger partial charge on any atom is 0.263 e. The van der Waals surface area contributed by atoms with E-state index >= 15 is 0 Å². The van der Waals surface area contributed by atoms with Crippen LogP contribution >= 0.6 is 0 Å². The second kappa shape index (κ2) is 10.6. The highest BCUT2D eigenvalue weighted by Gasteiger charge is 2.16. The van der Waals surface area contributed by atoms with Crippen LogP contribution in [-0.2, 0) is 11.3 Å². The molecule has 1 N–H and O–H groups in total. The van der Waals surface area contributed by atoms with Crippen molar-refractivity contribution >= 4 is 11.7 Å². The summed E-state index contributed by atoms with van der Waals surface area (Å²) in [5, 5.41) is 7.31. The van der Waals surface area contributed by atoms with Crippen LogP contribution in [0.15, 0.2) is 46.9 Å². The molecule has 3 aromatic heterocycles. The van der Waals surface area contributed by atoms with Crippen LogP contribution in [0.25, 0.3) is 17.4 Å². The minimum atomic E-state index is -0.362. The van der Waals surface area contributed by atoms with Gasteiger partial charge >= 0.3 is 0 Å². The summed E-state index contributed by atoms with van der Waals surface area (Å²) < 4.78 is 18.6. The third kappa shape index (κ3) is 5.89. The summed E-state index contributed by atoms with van der Waals surface area (Å²) in [6.07, 6.45) is 0. The summed E-state index contributed by atoms with van der Waals surface area (Å²) in [5.74, 6) is 3.37. The van der Waals surface area contributed by atoms with E-state index in [2.05, 4.69) is 20.4 Å². The van der Waals surface area contributed by atoms with Gasteiger partial charge in [0.2, 0.25) is 0 Å². The maximum atomic E-state index is 12.8. The van der Waals surface area contributed by atoms with Crippen molar-refractivity contribution in [2.45, 2.75) is 27.3 Å². The molecule has 1 amide bonds. The number of aryl methyl sites for hydroxylation is 3. The molecule has 4 rings (SSSR count). The summed E-state index contributed by atoms with van der Waals surface area (Å²) in [6, 6.07) is 12.7. The van der Waals surface area contributed by atoms with Gasteiger partial charge in [-0.2, -0.15) is 5.10 Å². The van der Waals surface area contributed by atoms with E-state index in [1.165, 1.54) is 0 Å². The molecule has 36 heavy (non-hydrogen) atoms. The number of amides is 1. The van der Waals surface area contributed by atoms with Gasteiger partial charge in [-0.1, -0.05) is 0 Å². The van der Waals surface area contributed by atoms with Gasteiger partial charge < -0.3 is 24.1 Å². The Morgan fingerprint density at radius 2 is 1.89 bits per heavy atom. The highest BCUT2D eigenvalue weighted by Crippen LogP contribution is 2.26. The van der Waals surface area contributed by atoms with Crippen LogP contribution in [0.1, 0.15) is 22.7 Å². The average molecular weight is 491 g/mol. The fourth-order valence-corrected chi connectivity index (χ4v) is 3.77. The van der Waals surface area contributed by atoms with Crippen molar-refractivity contribution in [2.24, 2.45) is 0 Å².